The molecule has 0 spiro atoms. The molecular formula is C23H29N5O4S. The van der Waals surface area contributed by atoms with E-state index < -0.39 is 0 Å². The van der Waals surface area contributed by atoms with Gasteiger partial charge in [-0.3, -0.25) is 19.2 Å². The molecule has 3 rings (SSSR count). The van der Waals surface area contributed by atoms with E-state index in [9.17, 15) is 19.2 Å². The van der Waals surface area contributed by atoms with Gasteiger partial charge in [0.25, 0.3) is 5.91 Å². The van der Waals surface area contributed by atoms with Gasteiger partial charge in [0.1, 0.15) is 6.54 Å². The van der Waals surface area contributed by atoms with Crippen LogP contribution in [0, 0.1) is 0 Å². The maximum atomic E-state index is 12.8. The lowest BCUT2D eigenvalue weighted by Gasteiger charge is -2.34. The summed E-state index contributed by atoms with van der Waals surface area (Å²) in [7, 11) is 0. The largest absolute Gasteiger partial charge is 0.339 e. The van der Waals surface area contributed by atoms with Crippen molar-refractivity contribution in [2.75, 3.05) is 38.0 Å². The fourth-order valence-electron chi connectivity index (χ4n) is 3.53. The van der Waals surface area contributed by atoms with E-state index in [1.807, 2.05) is 19.9 Å². The van der Waals surface area contributed by atoms with E-state index in [4.69, 9.17) is 0 Å². The van der Waals surface area contributed by atoms with Crippen LogP contribution in [0.3, 0.4) is 0 Å². The fraction of sp³-hybridized carbons (Fsp3) is 0.435. The number of nitrogens with one attached hydrogen (secondary N) is 1. The van der Waals surface area contributed by atoms with Gasteiger partial charge in [-0.2, -0.15) is 0 Å². The molecule has 1 aliphatic rings. The lowest BCUT2D eigenvalue weighted by molar-refractivity contribution is -0.138. The average Bonchev–Trinajstić information content (AvgIpc) is 3.23. The summed E-state index contributed by atoms with van der Waals surface area (Å²) >= 11 is 1.24. The molecule has 0 bridgehead atoms. The number of rotatable bonds is 7. The number of thiazole rings is 1. The molecule has 0 atom stereocenters. The Morgan fingerprint density at radius 2 is 1.70 bits per heavy atom. The highest BCUT2D eigenvalue weighted by molar-refractivity contribution is 7.13. The molecule has 2 heterocycles. The predicted octanol–water partition coefficient (Wildman–Crippen LogP) is 1.87. The first-order valence-electron chi connectivity index (χ1n) is 10.9. The lowest BCUT2D eigenvalue weighted by atomic mass is 10.1. The van der Waals surface area contributed by atoms with Gasteiger partial charge in [-0.25, -0.2) is 4.98 Å². The van der Waals surface area contributed by atoms with Gasteiger partial charge in [0.15, 0.2) is 5.13 Å². The molecule has 0 radical (unpaired) electrons. The highest BCUT2D eigenvalue weighted by atomic mass is 32.1. The Hall–Kier alpha value is -3.27. The van der Waals surface area contributed by atoms with Crippen LogP contribution in [0.1, 0.15) is 36.8 Å². The van der Waals surface area contributed by atoms with Crippen LogP contribution in [-0.2, 0) is 20.8 Å². The van der Waals surface area contributed by atoms with Crippen LogP contribution in [0.25, 0.3) is 0 Å². The Kier molecular flexibility index (Phi) is 8.16. The van der Waals surface area contributed by atoms with Crippen molar-refractivity contribution >= 4 is 40.1 Å². The maximum absolute atomic E-state index is 12.8. The quantitative estimate of drug-likeness (QED) is 0.664. The van der Waals surface area contributed by atoms with Gasteiger partial charge < -0.3 is 20.0 Å². The Morgan fingerprint density at radius 1 is 1.06 bits per heavy atom. The maximum Gasteiger partial charge on any atom is 0.254 e. The van der Waals surface area contributed by atoms with Crippen LogP contribution in [-0.4, -0.2) is 82.1 Å². The molecule has 33 heavy (non-hydrogen) atoms. The molecule has 1 aromatic carbocycles. The molecule has 9 nitrogen and oxygen atoms in total. The third kappa shape index (κ3) is 6.61. The second-order valence-electron chi connectivity index (χ2n) is 8.15. The first-order chi connectivity index (χ1) is 15.7. The van der Waals surface area contributed by atoms with E-state index in [2.05, 4.69) is 10.3 Å². The van der Waals surface area contributed by atoms with Gasteiger partial charge in [0.05, 0.1) is 12.1 Å². The van der Waals surface area contributed by atoms with E-state index in [-0.39, 0.29) is 42.6 Å². The SMILES string of the molecule is CC(=O)N1CCN(C(=O)Cc2csc(NC(=O)CN(C(=O)c3ccccc3)C(C)C)n2)CC1. The minimum absolute atomic E-state index is 0.0171. The summed E-state index contributed by atoms with van der Waals surface area (Å²) < 4.78 is 0. The smallest absolute Gasteiger partial charge is 0.254 e. The summed E-state index contributed by atoms with van der Waals surface area (Å²) in [6, 6.07) is 8.69. The number of benzene rings is 1. The Labute approximate surface area is 197 Å². The first-order valence-corrected chi connectivity index (χ1v) is 11.8. The van der Waals surface area contributed by atoms with Crippen LogP contribution in [0.5, 0.6) is 0 Å². The Morgan fingerprint density at radius 3 is 2.30 bits per heavy atom. The van der Waals surface area contributed by atoms with Crippen LogP contribution in [0.15, 0.2) is 35.7 Å². The predicted molar refractivity (Wildman–Crippen MR) is 126 cm³/mol. The average molecular weight is 472 g/mol. The minimum Gasteiger partial charge on any atom is -0.339 e. The molecule has 1 aromatic heterocycles. The number of anilines is 1. The second-order valence-corrected chi connectivity index (χ2v) is 9.01. The summed E-state index contributed by atoms with van der Waals surface area (Å²) in [4.78, 5) is 58.7. The van der Waals surface area contributed by atoms with Crippen molar-refractivity contribution in [3.05, 3.63) is 47.0 Å². The normalized spacial score (nSPS) is 13.7. The number of carbonyl (C=O) groups excluding carboxylic acids is 4. The molecule has 0 unspecified atom stereocenters. The highest BCUT2D eigenvalue weighted by Gasteiger charge is 2.24. The van der Waals surface area contributed by atoms with E-state index in [1.165, 1.54) is 23.2 Å². The summed E-state index contributed by atoms with van der Waals surface area (Å²) in [5.41, 5.74) is 1.11. The van der Waals surface area contributed by atoms with Gasteiger partial charge in [0, 0.05) is 50.1 Å². The van der Waals surface area contributed by atoms with Gasteiger partial charge in [-0.05, 0) is 26.0 Å². The van der Waals surface area contributed by atoms with E-state index >= 15 is 0 Å². The molecule has 1 aliphatic heterocycles. The summed E-state index contributed by atoms with van der Waals surface area (Å²) in [5.74, 6) is -0.596. The van der Waals surface area contributed by atoms with Crippen molar-refractivity contribution in [2.45, 2.75) is 33.2 Å². The van der Waals surface area contributed by atoms with Crippen molar-refractivity contribution in [3.8, 4) is 0 Å². The Bertz CT molecular complexity index is 999. The van der Waals surface area contributed by atoms with E-state index in [0.29, 0.717) is 42.6 Å². The molecular weight excluding hydrogens is 442 g/mol. The molecule has 176 valence electrons. The molecule has 1 N–H and O–H groups in total. The van der Waals surface area contributed by atoms with Gasteiger partial charge >= 0.3 is 0 Å². The van der Waals surface area contributed by atoms with Gasteiger partial charge in [0.2, 0.25) is 17.7 Å². The summed E-state index contributed by atoms with van der Waals surface area (Å²) in [5, 5.41) is 4.86. The zero-order valence-electron chi connectivity index (χ0n) is 19.1. The van der Waals surface area contributed by atoms with Gasteiger partial charge in [-0.1, -0.05) is 18.2 Å². The molecule has 2 aromatic rings. The molecule has 0 aliphatic carbocycles. The topological polar surface area (TPSA) is 103 Å². The van der Waals surface area contributed by atoms with Crippen LogP contribution >= 0.6 is 11.3 Å². The van der Waals surface area contributed by atoms with E-state index in [0.717, 1.165) is 0 Å². The fourth-order valence-corrected chi connectivity index (χ4v) is 4.26. The number of piperazine rings is 1. The monoisotopic (exact) mass is 471 g/mol. The third-order valence-electron chi connectivity index (χ3n) is 5.43. The van der Waals surface area contributed by atoms with Crippen molar-refractivity contribution < 1.29 is 19.2 Å². The van der Waals surface area contributed by atoms with Crippen molar-refractivity contribution in [1.29, 1.82) is 0 Å². The lowest BCUT2D eigenvalue weighted by Crippen LogP contribution is -2.50. The number of hydrogen-bond acceptors (Lipinski definition) is 6. The minimum atomic E-state index is -0.347. The number of nitrogens with zero attached hydrogens (tertiary/aromatic N) is 4. The number of carbonyl (C=O) groups is 4. The number of amides is 4. The molecule has 10 heteroatoms. The van der Waals surface area contributed by atoms with Crippen LogP contribution < -0.4 is 5.32 Å². The second kappa shape index (κ2) is 11.0. The summed E-state index contributed by atoms with van der Waals surface area (Å²) in [6.45, 7) is 7.23. The molecule has 1 saturated heterocycles. The summed E-state index contributed by atoms with van der Waals surface area (Å²) in [6.07, 6.45) is 0.136. The number of hydrogen-bond donors (Lipinski definition) is 1. The first kappa shape index (κ1) is 24.4. The van der Waals surface area contributed by atoms with Crippen molar-refractivity contribution in [3.63, 3.8) is 0 Å². The Balaban J connectivity index is 1.53. The van der Waals surface area contributed by atoms with Crippen LogP contribution in [0.2, 0.25) is 0 Å². The van der Waals surface area contributed by atoms with Gasteiger partial charge in [-0.15, -0.1) is 11.3 Å². The number of aromatic nitrogens is 1. The standard InChI is InChI=1S/C23H29N5O4S/c1-16(2)28(22(32)18-7-5-4-6-8-18)14-20(30)25-23-24-19(15-33-23)13-21(31)27-11-9-26(10-12-27)17(3)29/h4-8,15-16H,9-14H2,1-3H3,(H,24,25,30). The molecule has 4 amide bonds. The molecule has 0 saturated carbocycles. The zero-order valence-corrected chi connectivity index (χ0v) is 19.9. The van der Waals surface area contributed by atoms with E-state index in [1.54, 1.807) is 39.4 Å². The highest BCUT2D eigenvalue weighted by Crippen LogP contribution is 2.17. The van der Waals surface area contributed by atoms with Crippen LogP contribution in [0.4, 0.5) is 5.13 Å². The van der Waals surface area contributed by atoms with Crippen molar-refractivity contribution in [2.24, 2.45) is 0 Å². The zero-order chi connectivity index (χ0) is 24.0. The molecule has 1 fully saturated rings. The third-order valence-corrected chi connectivity index (χ3v) is 6.23. The van der Waals surface area contributed by atoms with Crippen molar-refractivity contribution in [1.82, 2.24) is 19.7 Å².